The number of carbonyl (C=O) groups excluding carboxylic acids is 1. The van der Waals surface area contributed by atoms with Gasteiger partial charge < -0.3 is 4.57 Å². The van der Waals surface area contributed by atoms with Crippen molar-refractivity contribution < 1.29 is 19.9 Å². The van der Waals surface area contributed by atoms with Crippen molar-refractivity contribution in [2.45, 2.75) is 32.5 Å². The first kappa shape index (κ1) is 9.07. The molecule has 0 unspecified atom stereocenters. The summed E-state index contributed by atoms with van der Waals surface area (Å²) in [4.78, 5) is 13.8. The van der Waals surface area contributed by atoms with Gasteiger partial charge in [-0.25, -0.2) is 0 Å². The van der Waals surface area contributed by atoms with Crippen LogP contribution in [0.2, 0.25) is 5.02 Å². The minimum absolute atomic E-state index is 0.00727. The van der Waals surface area contributed by atoms with Crippen LogP contribution in [0, 0.1) is 0 Å². The second kappa shape index (κ2) is 7.58. The van der Waals surface area contributed by atoms with Crippen LogP contribution in [0.1, 0.15) is 57.0 Å². The molecule has 0 aliphatic rings. The van der Waals surface area contributed by atoms with Crippen LogP contribution in [-0.4, -0.2) is 10.4 Å². The topological polar surface area (TPSA) is 22.0 Å². The smallest absolute Gasteiger partial charge is 0.195 e. The summed E-state index contributed by atoms with van der Waals surface area (Å²) in [5.41, 5.74) is 0.283. The largest absolute Gasteiger partial charge is 0.347 e. The molecule has 0 bridgehead atoms. The second-order valence-corrected chi connectivity index (χ2v) is 6.29. The normalized spacial score (nSPS) is 20.0. The number of nitrogens with zero attached hydrogens (tertiary/aromatic N) is 1. The van der Waals surface area contributed by atoms with Gasteiger partial charge in [-0.15, -0.1) is 0 Å². The molecule has 27 heavy (non-hydrogen) atoms. The molecule has 4 rings (SSSR count). The molecule has 0 N–H and O–H groups in total. The summed E-state index contributed by atoms with van der Waals surface area (Å²) in [7, 11) is 0. The number of ketones is 1. The SMILES string of the molecule is [2H]C([2H])([2H])C([2H])([2H])C([2H])([2H])C([2H])([2H])C([2H])([2H])n1cc(C(=O)c2ccc(Cl)c3ccccc23)c2ccccc21. The summed E-state index contributed by atoms with van der Waals surface area (Å²) in [6.45, 7) is -6.93. The molecule has 0 fully saturated rings. The lowest BCUT2D eigenvalue weighted by Crippen LogP contribution is -2.02. The van der Waals surface area contributed by atoms with Crippen LogP contribution in [-0.2, 0) is 6.50 Å². The lowest BCUT2D eigenvalue weighted by Gasteiger charge is -2.07. The minimum Gasteiger partial charge on any atom is -0.347 e. The van der Waals surface area contributed by atoms with E-state index in [1.54, 1.807) is 36.4 Å². The van der Waals surface area contributed by atoms with E-state index in [2.05, 4.69) is 0 Å². The summed E-state index contributed by atoms with van der Waals surface area (Å²) in [6.07, 6.45) is -10.2. The maximum Gasteiger partial charge on any atom is 0.195 e. The average molecular weight is 387 g/mol. The van der Waals surface area contributed by atoms with Gasteiger partial charge in [0.15, 0.2) is 5.78 Å². The van der Waals surface area contributed by atoms with E-state index in [4.69, 9.17) is 26.7 Å². The van der Waals surface area contributed by atoms with Gasteiger partial charge in [-0.05, 0) is 30.0 Å². The molecule has 1 heterocycles. The molecule has 1 aromatic heterocycles. The molecular formula is C24H22ClNO. The summed E-state index contributed by atoms with van der Waals surface area (Å²) in [6, 6.07) is 16.1. The van der Waals surface area contributed by atoms with Crippen LogP contribution in [0.5, 0.6) is 0 Å². The van der Waals surface area contributed by atoms with Gasteiger partial charge >= 0.3 is 0 Å². The van der Waals surface area contributed by atoms with Crippen molar-refractivity contribution in [2.75, 3.05) is 0 Å². The monoisotopic (exact) mass is 386 g/mol. The van der Waals surface area contributed by atoms with E-state index in [0.717, 1.165) is 10.8 Å². The van der Waals surface area contributed by atoms with Crippen molar-refractivity contribution >= 4 is 39.1 Å². The average Bonchev–Trinajstić information content (AvgIpc) is 3.23. The highest BCUT2D eigenvalue weighted by Crippen LogP contribution is 2.30. The Morgan fingerprint density at radius 1 is 0.963 bits per heavy atom. The van der Waals surface area contributed by atoms with Crippen molar-refractivity contribution in [3.63, 3.8) is 0 Å². The molecule has 2 nitrogen and oxygen atoms in total. The third-order valence-corrected chi connectivity index (χ3v) is 4.70. The molecule has 0 radical (unpaired) electrons. The van der Waals surface area contributed by atoms with Gasteiger partial charge in [-0.2, -0.15) is 0 Å². The molecule has 0 aliphatic heterocycles. The third kappa shape index (κ3) is 3.26. The molecule has 0 saturated carbocycles. The molecule has 0 saturated heterocycles. The van der Waals surface area contributed by atoms with E-state index in [1.807, 2.05) is 0 Å². The quantitative estimate of drug-likeness (QED) is 0.331. The summed E-state index contributed by atoms with van der Waals surface area (Å²) >= 11 is 6.29. The number of carbonyl (C=O) groups is 1. The van der Waals surface area contributed by atoms with E-state index in [1.165, 1.54) is 24.3 Å². The lowest BCUT2D eigenvalue weighted by atomic mass is 9.97. The van der Waals surface area contributed by atoms with Crippen molar-refractivity contribution in [3.05, 3.63) is 83.0 Å². The van der Waals surface area contributed by atoms with Crippen LogP contribution < -0.4 is 0 Å². The number of rotatable bonds is 6. The number of benzene rings is 3. The Bertz CT molecular complexity index is 1560. The Hall–Kier alpha value is -2.58. The molecule has 4 aromatic rings. The standard InChI is InChI=1S/C24H22ClNO/c1-2-3-8-15-26-16-21(19-11-6-7-12-23(19)26)24(27)20-13-14-22(25)18-10-5-4-9-17(18)20/h4-7,9-14,16H,2-3,8,15H2,1H3/i1D3,2D2,3D2,8D2,15D2. The molecule has 0 aliphatic carbocycles. The minimum atomic E-state index is -3.82. The van der Waals surface area contributed by atoms with Crippen molar-refractivity contribution in [1.29, 1.82) is 0 Å². The molecule has 0 amide bonds. The number of para-hydroxylation sites is 1. The summed E-state index contributed by atoms with van der Waals surface area (Å²) < 4.78 is 89.1. The third-order valence-electron chi connectivity index (χ3n) is 4.37. The van der Waals surface area contributed by atoms with Gasteiger partial charge in [0.1, 0.15) is 0 Å². The fourth-order valence-electron chi connectivity index (χ4n) is 3.18. The van der Waals surface area contributed by atoms with Gasteiger partial charge in [-0.3, -0.25) is 4.79 Å². The van der Waals surface area contributed by atoms with Crippen molar-refractivity contribution in [2.24, 2.45) is 0 Å². The van der Waals surface area contributed by atoms with Crippen molar-refractivity contribution in [3.8, 4) is 0 Å². The van der Waals surface area contributed by atoms with Crippen molar-refractivity contribution in [1.82, 2.24) is 4.57 Å². The second-order valence-electron chi connectivity index (χ2n) is 5.89. The summed E-state index contributed by atoms with van der Waals surface area (Å²) in [5.74, 6) is -0.523. The van der Waals surface area contributed by atoms with Gasteiger partial charge in [0.2, 0.25) is 0 Å². The van der Waals surface area contributed by atoms with E-state index in [-0.39, 0.29) is 22.0 Å². The highest BCUT2D eigenvalue weighted by atomic mass is 35.5. The Morgan fingerprint density at radius 3 is 2.52 bits per heavy atom. The van der Waals surface area contributed by atoms with Crippen LogP contribution in [0.25, 0.3) is 21.7 Å². The zero-order valence-electron chi connectivity index (χ0n) is 25.1. The van der Waals surface area contributed by atoms with Gasteiger partial charge in [0, 0.05) is 60.2 Å². The molecule has 136 valence electrons. The number of aromatic nitrogens is 1. The van der Waals surface area contributed by atoms with Gasteiger partial charge in [-0.1, -0.05) is 73.7 Å². The molecule has 3 aromatic carbocycles. The molecule has 0 spiro atoms. The number of fused-ring (bicyclic) bond motifs is 2. The number of hydrogen-bond donors (Lipinski definition) is 0. The van der Waals surface area contributed by atoms with E-state index in [0.29, 0.717) is 15.8 Å². The zero-order valence-corrected chi connectivity index (χ0v) is 14.8. The Kier molecular flexibility index (Phi) is 2.55. The fourth-order valence-corrected chi connectivity index (χ4v) is 3.41. The number of hydrogen-bond acceptors (Lipinski definition) is 1. The number of aryl methyl sites for hydroxylation is 1. The number of halogens is 1. The highest BCUT2D eigenvalue weighted by Gasteiger charge is 2.19. The van der Waals surface area contributed by atoms with E-state index in [9.17, 15) is 4.79 Å². The lowest BCUT2D eigenvalue weighted by molar-refractivity contribution is 0.104. The fraction of sp³-hybridized carbons (Fsp3) is 0.208. The summed E-state index contributed by atoms with van der Waals surface area (Å²) in [5, 5.41) is 1.84. The maximum atomic E-state index is 13.8. The molecule has 3 heteroatoms. The Morgan fingerprint density at radius 2 is 1.70 bits per heavy atom. The van der Waals surface area contributed by atoms with Gasteiger partial charge in [0.05, 0.1) is 0 Å². The molecular weight excluding hydrogens is 354 g/mol. The highest BCUT2D eigenvalue weighted by molar-refractivity contribution is 6.36. The molecule has 0 atom stereocenters. The van der Waals surface area contributed by atoms with Crippen LogP contribution in [0.3, 0.4) is 0 Å². The van der Waals surface area contributed by atoms with Crippen LogP contribution in [0.4, 0.5) is 0 Å². The zero-order chi connectivity index (χ0) is 28.5. The predicted octanol–water partition coefficient (Wildman–Crippen LogP) is 6.87. The van der Waals surface area contributed by atoms with Crippen LogP contribution in [0.15, 0.2) is 66.9 Å². The Labute approximate surface area is 179 Å². The van der Waals surface area contributed by atoms with Gasteiger partial charge in [0.25, 0.3) is 0 Å². The van der Waals surface area contributed by atoms with E-state index < -0.39 is 38.3 Å². The van der Waals surface area contributed by atoms with Crippen LogP contribution >= 0.6 is 11.6 Å². The Balaban J connectivity index is 1.93. The predicted molar refractivity (Wildman–Crippen MR) is 114 cm³/mol. The first-order valence-corrected chi connectivity index (χ1v) is 8.58. The first-order valence-electron chi connectivity index (χ1n) is 13.7. The van der Waals surface area contributed by atoms with E-state index >= 15 is 0 Å². The first-order chi connectivity index (χ1) is 17.4. The maximum absolute atomic E-state index is 13.8.